The molecule has 0 aromatic heterocycles. The van der Waals surface area contributed by atoms with Crippen molar-refractivity contribution >= 4 is 11.7 Å². The maximum absolute atomic E-state index is 11.0. The Balaban J connectivity index is 2.23. The fraction of sp³-hybridized carbons (Fsp3) is 0.357. The van der Waals surface area contributed by atoms with Crippen molar-refractivity contribution in [2.75, 3.05) is 0 Å². The topological polar surface area (TPSA) is 26.3 Å². The first kappa shape index (κ1) is 10.9. The lowest BCUT2D eigenvalue weighted by molar-refractivity contribution is -0.134. The van der Waals surface area contributed by atoms with Gasteiger partial charge in [-0.3, -0.25) is 4.79 Å². The number of hydrogen-bond donors (Lipinski definition) is 0. The molecule has 0 radical (unpaired) electrons. The zero-order valence-corrected chi connectivity index (χ0v) is 9.91. The summed E-state index contributed by atoms with van der Waals surface area (Å²) in [6.45, 7) is 6.53. The zero-order valence-electron chi connectivity index (χ0n) is 9.91. The summed E-state index contributed by atoms with van der Waals surface area (Å²) in [7, 11) is 0. The first-order valence-electron chi connectivity index (χ1n) is 5.48. The molecule has 0 fully saturated rings. The first-order valence-corrected chi connectivity index (χ1v) is 5.48. The monoisotopic (exact) mass is 216 g/mol. The van der Waals surface area contributed by atoms with Gasteiger partial charge >= 0.3 is 5.97 Å². The molecule has 1 aliphatic rings. The number of carbonyl (C=O) groups excluding carboxylic acids is 1. The fourth-order valence-corrected chi connectivity index (χ4v) is 1.69. The van der Waals surface area contributed by atoms with Crippen molar-refractivity contribution in [1.29, 1.82) is 0 Å². The summed E-state index contributed by atoms with van der Waals surface area (Å²) in [5.74, 6) is 0.514. The molecule has 16 heavy (non-hydrogen) atoms. The Morgan fingerprint density at radius 2 is 1.75 bits per heavy atom. The van der Waals surface area contributed by atoms with Crippen LogP contribution in [0.4, 0.5) is 0 Å². The number of benzene rings is 1. The van der Waals surface area contributed by atoms with Gasteiger partial charge < -0.3 is 4.74 Å². The average Bonchev–Trinajstić information content (AvgIpc) is 2.64. The van der Waals surface area contributed by atoms with Gasteiger partial charge in [0.25, 0.3) is 0 Å². The number of rotatable bonds is 1. The van der Waals surface area contributed by atoms with E-state index >= 15 is 0 Å². The maximum Gasteiger partial charge on any atom is 0.315 e. The highest BCUT2D eigenvalue weighted by atomic mass is 16.5. The molecule has 0 atom stereocenters. The molecule has 0 N–H and O–H groups in total. The van der Waals surface area contributed by atoms with Crippen LogP contribution in [0.15, 0.2) is 30.3 Å². The summed E-state index contributed by atoms with van der Waals surface area (Å²) in [5.41, 5.74) is 2.40. The number of hydrogen-bond acceptors (Lipinski definition) is 2. The molecular formula is C14H16O2. The Labute approximate surface area is 95.9 Å². The van der Waals surface area contributed by atoms with Gasteiger partial charge in [0.05, 0.1) is 6.42 Å². The second-order valence-electron chi connectivity index (χ2n) is 5.07. The molecule has 1 heterocycles. The van der Waals surface area contributed by atoms with Crippen LogP contribution < -0.4 is 0 Å². The van der Waals surface area contributed by atoms with E-state index in [-0.39, 0.29) is 11.4 Å². The summed E-state index contributed by atoms with van der Waals surface area (Å²) in [5, 5.41) is 0. The van der Waals surface area contributed by atoms with Gasteiger partial charge in [-0.25, -0.2) is 0 Å². The first-order chi connectivity index (χ1) is 7.47. The molecule has 0 bridgehead atoms. The minimum atomic E-state index is -0.171. The van der Waals surface area contributed by atoms with E-state index in [4.69, 9.17) is 4.74 Å². The predicted octanol–water partition coefficient (Wildman–Crippen LogP) is 3.27. The molecule has 0 unspecified atom stereocenters. The van der Waals surface area contributed by atoms with E-state index in [0.29, 0.717) is 12.2 Å². The van der Waals surface area contributed by atoms with E-state index in [1.54, 1.807) is 0 Å². The lowest BCUT2D eigenvalue weighted by Gasteiger charge is -2.19. The summed E-state index contributed by atoms with van der Waals surface area (Å²) < 4.78 is 5.10. The van der Waals surface area contributed by atoms with E-state index in [9.17, 15) is 4.79 Å². The van der Waals surface area contributed by atoms with Gasteiger partial charge in [0, 0.05) is 5.56 Å². The van der Waals surface area contributed by atoms with Crippen LogP contribution in [0, 0.1) is 0 Å². The van der Waals surface area contributed by atoms with Crippen LogP contribution in [-0.4, -0.2) is 5.97 Å². The Bertz CT molecular complexity index is 433. The molecule has 84 valence electrons. The van der Waals surface area contributed by atoms with E-state index in [1.165, 1.54) is 5.56 Å². The Morgan fingerprint density at radius 1 is 1.12 bits per heavy atom. The lowest BCUT2D eigenvalue weighted by atomic mass is 9.86. The summed E-state index contributed by atoms with van der Waals surface area (Å²) in [4.78, 5) is 11.0. The summed E-state index contributed by atoms with van der Waals surface area (Å²) >= 11 is 0. The van der Waals surface area contributed by atoms with Crippen molar-refractivity contribution in [3.63, 3.8) is 0 Å². The third-order valence-electron chi connectivity index (χ3n) is 2.71. The molecule has 2 rings (SSSR count). The maximum atomic E-state index is 11.0. The Hall–Kier alpha value is -1.57. The molecule has 2 nitrogen and oxygen atoms in total. The van der Waals surface area contributed by atoms with Crippen LogP contribution >= 0.6 is 0 Å². The van der Waals surface area contributed by atoms with E-state index < -0.39 is 0 Å². The molecule has 1 aromatic rings. The quantitative estimate of drug-likeness (QED) is 0.673. The summed E-state index contributed by atoms with van der Waals surface area (Å²) in [6.07, 6.45) is 2.21. The van der Waals surface area contributed by atoms with Gasteiger partial charge in [-0.2, -0.15) is 0 Å². The standard InChI is InChI=1S/C14H16O2/c1-14(2,3)11-6-4-10(5-7-11)12-8-9-13(15)16-12/h4-8H,9H2,1-3H3. The van der Waals surface area contributed by atoms with E-state index in [0.717, 1.165) is 5.56 Å². The van der Waals surface area contributed by atoms with Crippen LogP contribution in [0.25, 0.3) is 5.76 Å². The molecule has 0 aliphatic carbocycles. The molecule has 0 saturated carbocycles. The fourth-order valence-electron chi connectivity index (χ4n) is 1.69. The highest BCUT2D eigenvalue weighted by molar-refractivity contribution is 5.85. The Morgan fingerprint density at radius 3 is 2.19 bits per heavy atom. The van der Waals surface area contributed by atoms with Crippen molar-refractivity contribution in [3.8, 4) is 0 Å². The van der Waals surface area contributed by atoms with E-state index in [1.807, 2.05) is 18.2 Å². The molecular weight excluding hydrogens is 200 g/mol. The number of cyclic esters (lactones) is 1. The van der Waals surface area contributed by atoms with Crippen LogP contribution in [0.3, 0.4) is 0 Å². The van der Waals surface area contributed by atoms with Crippen molar-refractivity contribution in [3.05, 3.63) is 41.5 Å². The predicted molar refractivity (Wildman–Crippen MR) is 63.8 cm³/mol. The molecule has 1 aliphatic heterocycles. The highest BCUT2D eigenvalue weighted by Crippen LogP contribution is 2.26. The minimum Gasteiger partial charge on any atom is -0.426 e. The number of esters is 1. The normalized spacial score (nSPS) is 15.9. The number of ether oxygens (including phenoxy) is 1. The minimum absolute atomic E-state index is 0.152. The van der Waals surface area contributed by atoms with Gasteiger partial charge in [0.1, 0.15) is 5.76 Å². The third kappa shape index (κ3) is 2.16. The highest BCUT2D eigenvalue weighted by Gasteiger charge is 2.17. The molecule has 2 heteroatoms. The van der Waals surface area contributed by atoms with Gasteiger partial charge in [-0.1, -0.05) is 45.0 Å². The second-order valence-corrected chi connectivity index (χ2v) is 5.07. The zero-order chi connectivity index (χ0) is 11.8. The Kier molecular flexibility index (Phi) is 2.58. The molecule has 0 amide bonds. The molecule has 0 saturated heterocycles. The van der Waals surface area contributed by atoms with Gasteiger partial charge in [0.15, 0.2) is 0 Å². The third-order valence-corrected chi connectivity index (χ3v) is 2.71. The smallest absolute Gasteiger partial charge is 0.315 e. The van der Waals surface area contributed by atoms with Crippen molar-refractivity contribution < 1.29 is 9.53 Å². The second kappa shape index (κ2) is 3.78. The van der Waals surface area contributed by atoms with Crippen LogP contribution in [0.1, 0.15) is 38.3 Å². The molecule has 0 spiro atoms. The van der Waals surface area contributed by atoms with Crippen LogP contribution in [0.5, 0.6) is 0 Å². The van der Waals surface area contributed by atoms with Crippen molar-refractivity contribution in [1.82, 2.24) is 0 Å². The van der Waals surface area contributed by atoms with Gasteiger partial charge in [0.2, 0.25) is 0 Å². The van der Waals surface area contributed by atoms with Crippen molar-refractivity contribution in [2.45, 2.75) is 32.6 Å². The SMILES string of the molecule is CC(C)(C)c1ccc(C2=CCC(=O)O2)cc1. The van der Waals surface area contributed by atoms with Gasteiger partial charge in [-0.15, -0.1) is 0 Å². The lowest BCUT2D eigenvalue weighted by Crippen LogP contribution is -2.10. The van der Waals surface area contributed by atoms with Crippen molar-refractivity contribution in [2.24, 2.45) is 0 Å². The van der Waals surface area contributed by atoms with Gasteiger partial charge in [-0.05, 0) is 17.1 Å². The van der Waals surface area contributed by atoms with E-state index in [2.05, 4.69) is 32.9 Å². The van der Waals surface area contributed by atoms with Crippen LogP contribution in [0.2, 0.25) is 0 Å². The number of carbonyl (C=O) groups is 1. The summed E-state index contributed by atoms with van der Waals surface area (Å²) in [6, 6.07) is 8.18. The molecule has 1 aromatic carbocycles. The average molecular weight is 216 g/mol. The largest absolute Gasteiger partial charge is 0.426 e. The van der Waals surface area contributed by atoms with Crippen LogP contribution in [-0.2, 0) is 14.9 Å².